The van der Waals surface area contributed by atoms with Gasteiger partial charge >= 0.3 is 0 Å². The monoisotopic (exact) mass is 411 g/mol. The predicted octanol–water partition coefficient (Wildman–Crippen LogP) is 1.12. The van der Waals surface area contributed by atoms with Gasteiger partial charge < -0.3 is 10.1 Å². The number of rotatable bonds is 6. The molecule has 9 heteroatoms. The molecule has 1 N–H and O–H groups in total. The fourth-order valence-electron chi connectivity index (χ4n) is 3.56. The molecule has 1 aliphatic heterocycles. The summed E-state index contributed by atoms with van der Waals surface area (Å²) in [6, 6.07) is 13.0. The van der Waals surface area contributed by atoms with Crippen molar-refractivity contribution in [3.05, 3.63) is 70.3 Å². The number of fused-ring (bicyclic) bond motifs is 1. The van der Waals surface area contributed by atoms with Crippen LogP contribution in [-0.2, 0) is 16.1 Å². The fraction of sp³-hybridized carbons (Fsp3) is 0.333. The number of nitrogens with one attached hydrogen (secondary N) is 1. The van der Waals surface area contributed by atoms with Crippen LogP contribution in [0.25, 0.3) is 10.9 Å². The van der Waals surface area contributed by atoms with Gasteiger partial charge in [0.2, 0.25) is 5.91 Å². The molecule has 0 spiro atoms. The standard InChI is InChI=1S/C21H22FN5O3/c22-16-7-5-15(6-8-16)19(26-9-11-30-12-10-26)13-23-20(28)14-27-21(29)17-3-1-2-4-18(17)24-25-27/h1-8,19H,9-14H2,(H,23,28). The molecule has 1 unspecified atom stereocenters. The van der Waals surface area contributed by atoms with Crippen molar-refractivity contribution < 1.29 is 13.9 Å². The van der Waals surface area contributed by atoms with E-state index in [0.29, 0.717) is 43.8 Å². The molecular formula is C21H22FN5O3. The van der Waals surface area contributed by atoms with Crippen LogP contribution < -0.4 is 10.9 Å². The highest BCUT2D eigenvalue weighted by atomic mass is 19.1. The third kappa shape index (κ3) is 4.52. The van der Waals surface area contributed by atoms with Gasteiger partial charge in [0.05, 0.1) is 24.6 Å². The Bertz CT molecular complexity index is 1080. The van der Waals surface area contributed by atoms with E-state index in [9.17, 15) is 14.0 Å². The van der Waals surface area contributed by atoms with Crippen LogP contribution in [0.2, 0.25) is 0 Å². The topological polar surface area (TPSA) is 89.3 Å². The molecular weight excluding hydrogens is 389 g/mol. The van der Waals surface area contributed by atoms with Crippen molar-refractivity contribution in [3.63, 3.8) is 0 Å². The van der Waals surface area contributed by atoms with Crippen LogP contribution >= 0.6 is 0 Å². The third-order valence-electron chi connectivity index (χ3n) is 5.16. The number of ether oxygens (including phenoxy) is 1. The number of halogens is 1. The van der Waals surface area contributed by atoms with Gasteiger partial charge in [0, 0.05) is 19.6 Å². The molecule has 3 aromatic rings. The average Bonchev–Trinajstić information content (AvgIpc) is 2.78. The Balaban J connectivity index is 1.46. The predicted molar refractivity (Wildman–Crippen MR) is 108 cm³/mol. The largest absolute Gasteiger partial charge is 0.379 e. The number of hydrogen-bond acceptors (Lipinski definition) is 6. The number of hydrogen-bond donors (Lipinski definition) is 1. The van der Waals surface area contributed by atoms with E-state index < -0.39 is 0 Å². The second-order valence-corrected chi connectivity index (χ2v) is 7.09. The summed E-state index contributed by atoms with van der Waals surface area (Å²) in [6.07, 6.45) is 0. The summed E-state index contributed by atoms with van der Waals surface area (Å²) in [4.78, 5) is 27.3. The highest BCUT2D eigenvalue weighted by Gasteiger charge is 2.23. The second kappa shape index (κ2) is 9.10. The van der Waals surface area contributed by atoms with Gasteiger partial charge in [-0.25, -0.2) is 9.07 Å². The highest BCUT2D eigenvalue weighted by Crippen LogP contribution is 2.21. The maximum atomic E-state index is 13.3. The molecule has 0 saturated carbocycles. The van der Waals surface area contributed by atoms with Crippen LogP contribution in [0, 0.1) is 5.82 Å². The van der Waals surface area contributed by atoms with Crippen LogP contribution in [0.5, 0.6) is 0 Å². The first kappa shape index (κ1) is 20.1. The summed E-state index contributed by atoms with van der Waals surface area (Å²) in [6.45, 7) is 2.73. The van der Waals surface area contributed by atoms with Gasteiger partial charge in [-0.05, 0) is 29.8 Å². The maximum Gasteiger partial charge on any atom is 0.278 e. The summed E-state index contributed by atoms with van der Waals surface area (Å²) in [5.41, 5.74) is 1.03. The van der Waals surface area contributed by atoms with Gasteiger partial charge in [0.1, 0.15) is 17.9 Å². The smallest absolute Gasteiger partial charge is 0.278 e. The Morgan fingerprint density at radius 3 is 2.63 bits per heavy atom. The first-order valence-corrected chi connectivity index (χ1v) is 9.78. The van der Waals surface area contributed by atoms with Gasteiger partial charge in [0.15, 0.2) is 0 Å². The number of morpholine rings is 1. The van der Waals surface area contributed by atoms with Gasteiger partial charge in [-0.2, -0.15) is 0 Å². The van der Waals surface area contributed by atoms with Crippen LogP contribution in [0.15, 0.2) is 53.3 Å². The zero-order chi connectivity index (χ0) is 20.9. The molecule has 1 aromatic heterocycles. The van der Waals surface area contributed by atoms with Crippen molar-refractivity contribution in [1.82, 2.24) is 25.2 Å². The normalized spacial score (nSPS) is 15.8. The molecule has 30 heavy (non-hydrogen) atoms. The van der Waals surface area contributed by atoms with Crippen LogP contribution in [0.4, 0.5) is 4.39 Å². The minimum atomic E-state index is -0.362. The van der Waals surface area contributed by atoms with Gasteiger partial charge in [-0.3, -0.25) is 14.5 Å². The Labute approximate surface area is 172 Å². The van der Waals surface area contributed by atoms with Crippen molar-refractivity contribution in [3.8, 4) is 0 Å². The maximum absolute atomic E-state index is 13.3. The number of benzene rings is 2. The zero-order valence-electron chi connectivity index (χ0n) is 16.3. The van der Waals surface area contributed by atoms with Gasteiger partial charge in [0.25, 0.3) is 5.56 Å². The lowest BCUT2D eigenvalue weighted by Crippen LogP contribution is -2.44. The molecule has 2 aromatic carbocycles. The Morgan fingerprint density at radius 1 is 1.13 bits per heavy atom. The molecule has 2 heterocycles. The van der Waals surface area contributed by atoms with E-state index in [4.69, 9.17) is 4.74 Å². The Hall–Kier alpha value is -3.17. The van der Waals surface area contributed by atoms with Crippen LogP contribution in [-0.4, -0.2) is 58.6 Å². The number of nitrogens with zero attached hydrogens (tertiary/aromatic N) is 4. The van der Waals surface area contributed by atoms with Crippen molar-refractivity contribution in [2.75, 3.05) is 32.8 Å². The van der Waals surface area contributed by atoms with E-state index >= 15 is 0 Å². The number of aromatic nitrogens is 3. The molecule has 1 aliphatic rings. The minimum Gasteiger partial charge on any atom is -0.379 e. The molecule has 156 valence electrons. The third-order valence-corrected chi connectivity index (χ3v) is 5.16. The van der Waals surface area contributed by atoms with E-state index in [0.717, 1.165) is 10.2 Å². The van der Waals surface area contributed by atoms with Crippen molar-refractivity contribution in [1.29, 1.82) is 0 Å². The Morgan fingerprint density at radius 2 is 1.87 bits per heavy atom. The lowest BCUT2D eigenvalue weighted by atomic mass is 10.0. The molecule has 0 bridgehead atoms. The molecule has 8 nitrogen and oxygen atoms in total. The van der Waals surface area contributed by atoms with Crippen LogP contribution in [0.1, 0.15) is 11.6 Å². The van der Waals surface area contributed by atoms with Crippen molar-refractivity contribution in [2.24, 2.45) is 0 Å². The van der Waals surface area contributed by atoms with Crippen LogP contribution in [0.3, 0.4) is 0 Å². The lowest BCUT2D eigenvalue weighted by Gasteiger charge is -2.35. The van der Waals surface area contributed by atoms with E-state index in [-0.39, 0.29) is 29.9 Å². The summed E-state index contributed by atoms with van der Waals surface area (Å²) >= 11 is 0. The molecule has 1 saturated heterocycles. The molecule has 0 radical (unpaired) electrons. The minimum absolute atomic E-state index is 0.127. The molecule has 4 rings (SSSR count). The highest BCUT2D eigenvalue weighted by molar-refractivity contribution is 5.78. The number of amides is 1. The first-order valence-electron chi connectivity index (χ1n) is 9.78. The average molecular weight is 411 g/mol. The Kier molecular flexibility index (Phi) is 6.10. The van der Waals surface area contributed by atoms with E-state index in [2.05, 4.69) is 20.5 Å². The van der Waals surface area contributed by atoms with E-state index in [1.54, 1.807) is 36.4 Å². The van der Waals surface area contributed by atoms with Crippen molar-refractivity contribution >= 4 is 16.8 Å². The summed E-state index contributed by atoms with van der Waals surface area (Å²) in [5, 5.41) is 11.1. The second-order valence-electron chi connectivity index (χ2n) is 7.09. The fourth-order valence-corrected chi connectivity index (χ4v) is 3.56. The van der Waals surface area contributed by atoms with Crippen molar-refractivity contribution in [2.45, 2.75) is 12.6 Å². The first-order chi connectivity index (χ1) is 14.6. The van der Waals surface area contributed by atoms with E-state index in [1.165, 1.54) is 12.1 Å². The summed E-state index contributed by atoms with van der Waals surface area (Å²) in [5.74, 6) is -0.653. The molecule has 1 fully saturated rings. The summed E-state index contributed by atoms with van der Waals surface area (Å²) in [7, 11) is 0. The molecule has 0 aliphatic carbocycles. The molecule has 1 atom stereocenters. The number of carbonyl (C=O) groups excluding carboxylic acids is 1. The van der Waals surface area contributed by atoms with Gasteiger partial charge in [-0.1, -0.05) is 29.5 Å². The SMILES string of the molecule is O=C(Cn1nnc2ccccc2c1=O)NCC(c1ccc(F)cc1)N1CCOCC1. The number of carbonyl (C=O) groups is 1. The lowest BCUT2D eigenvalue weighted by molar-refractivity contribution is -0.122. The summed E-state index contributed by atoms with van der Waals surface area (Å²) < 4.78 is 19.8. The zero-order valence-corrected chi connectivity index (χ0v) is 16.3. The van der Waals surface area contributed by atoms with E-state index in [1.807, 2.05) is 0 Å². The quantitative estimate of drug-likeness (QED) is 0.654. The molecule has 1 amide bonds. The van der Waals surface area contributed by atoms with Gasteiger partial charge in [-0.15, -0.1) is 5.10 Å².